The van der Waals surface area contributed by atoms with Gasteiger partial charge in [-0.25, -0.2) is 13.4 Å². The third-order valence-electron chi connectivity index (χ3n) is 6.14. The standard InChI is InChI=1S/C30H43ClN6O9S/c1-21-17-27(41-3)28(46-16-15-45-14-13-44-12-11-43-10-9-42-8-7-32)19-25(21)35-30-33-20-23(31)29(36-30)34-24-6-5-22(40-2)18-26(24)37-47(4,38)39/h5-6,17-20,37H,7-16,32H2,1-4H3,(H2,33,34,35,36). The van der Waals surface area contributed by atoms with Crippen molar-refractivity contribution in [3.05, 3.63) is 47.1 Å². The second-order valence-electron chi connectivity index (χ2n) is 9.83. The first-order valence-corrected chi connectivity index (χ1v) is 16.9. The number of benzene rings is 2. The van der Waals surface area contributed by atoms with Gasteiger partial charge in [0.25, 0.3) is 0 Å². The third kappa shape index (κ3) is 13.6. The maximum Gasteiger partial charge on any atom is 0.229 e. The SMILES string of the molecule is COc1ccc(Nc2nc(Nc3cc(OCCOCCOCCOCCOCCN)c(OC)cc3C)ncc2Cl)c(NS(C)(=O)=O)c1. The van der Waals surface area contributed by atoms with E-state index in [9.17, 15) is 8.42 Å². The van der Waals surface area contributed by atoms with Crippen LogP contribution in [0.2, 0.25) is 5.02 Å². The molecule has 0 saturated carbocycles. The lowest BCUT2D eigenvalue weighted by molar-refractivity contribution is -0.00393. The van der Waals surface area contributed by atoms with Gasteiger partial charge in [-0.15, -0.1) is 0 Å². The lowest BCUT2D eigenvalue weighted by Gasteiger charge is -2.17. The molecule has 0 atom stereocenters. The van der Waals surface area contributed by atoms with E-state index in [1.165, 1.54) is 13.3 Å². The van der Waals surface area contributed by atoms with E-state index in [1.54, 1.807) is 31.4 Å². The van der Waals surface area contributed by atoms with Crippen molar-refractivity contribution >= 4 is 50.5 Å². The zero-order valence-electron chi connectivity index (χ0n) is 27.0. The highest BCUT2D eigenvalue weighted by Gasteiger charge is 2.15. The van der Waals surface area contributed by atoms with Gasteiger partial charge in [0.15, 0.2) is 17.3 Å². The van der Waals surface area contributed by atoms with Crippen molar-refractivity contribution < 1.29 is 41.6 Å². The van der Waals surface area contributed by atoms with E-state index >= 15 is 0 Å². The van der Waals surface area contributed by atoms with E-state index < -0.39 is 10.0 Å². The van der Waals surface area contributed by atoms with Crippen LogP contribution < -0.4 is 35.3 Å². The highest BCUT2D eigenvalue weighted by atomic mass is 35.5. The first-order chi connectivity index (χ1) is 22.6. The Kier molecular flexibility index (Phi) is 16.0. The van der Waals surface area contributed by atoms with Crippen molar-refractivity contribution in [2.45, 2.75) is 6.92 Å². The molecule has 47 heavy (non-hydrogen) atoms. The van der Waals surface area contributed by atoms with Crippen molar-refractivity contribution in [2.24, 2.45) is 5.73 Å². The predicted octanol–water partition coefficient (Wildman–Crippen LogP) is 3.72. The van der Waals surface area contributed by atoms with Crippen LogP contribution in [0.25, 0.3) is 0 Å². The van der Waals surface area contributed by atoms with E-state index in [0.29, 0.717) is 88.0 Å². The fraction of sp³-hybridized carbons (Fsp3) is 0.467. The molecule has 2 aromatic carbocycles. The molecule has 1 aromatic heterocycles. The minimum atomic E-state index is -3.58. The largest absolute Gasteiger partial charge is 0.497 e. The number of halogens is 1. The van der Waals surface area contributed by atoms with Crippen molar-refractivity contribution in [3.63, 3.8) is 0 Å². The van der Waals surface area contributed by atoms with Crippen LogP contribution in [0, 0.1) is 6.92 Å². The molecule has 3 rings (SSSR count). The summed E-state index contributed by atoms with van der Waals surface area (Å²) in [4.78, 5) is 8.80. The quantitative estimate of drug-likeness (QED) is 0.105. The summed E-state index contributed by atoms with van der Waals surface area (Å²) in [5, 5.41) is 6.47. The summed E-state index contributed by atoms with van der Waals surface area (Å²) in [5.74, 6) is 1.99. The van der Waals surface area contributed by atoms with E-state index in [2.05, 4.69) is 25.3 Å². The molecule has 0 unspecified atom stereocenters. The number of rotatable bonds is 23. The molecular weight excluding hydrogens is 656 g/mol. The van der Waals surface area contributed by atoms with Crippen LogP contribution in [0.15, 0.2) is 36.5 Å². The van der Waals surface area contributed by atoms with Gasteiger partial charge in [-0.05, 0) is 30.7 Å². The number of anilines is 5. The van der Waals surface area contributed by atoms with Crippen LogP contribution in [-0.4, -0.2) is 105 Å². The Labute approximate surface area is 280 Å². The Morgan fingerprint density at radius 1 is 0.787 bits per heavy atom. The van der Waals surface area contributed by atoms with Gasteiger partial charge in [0.2, 0.25) is 16.0 Å². The Morgan fingerprint density at radius 2 is 1.43 bits per heavy atom. The molecule has 3 aromatic rings. The molecule has 0 aliphatic rings. The number of ether oxygens (including phenoxy) is 7. The molecule has 17 heteroatoms. The number of aryl methyl sites for hydroxylation is 1. The zero-order chi connectivity index (χ0) is 34.1. The maximum atomic E-state index is 11.9. The van der Waals surface area contributed by atoms with Gasteiger partial charge in [-0.1, -0.05) is 11.6 Å². The van der Waals surface area contributed by atoms with E-state index in [0.717, 1.165) is 11.8 Å². The number of nitrogens with one attached hydrogen (secondary N) is 3. The van der Waals surface area contributed by atoms with Crippen molar-refractivity contribution in [3.8, 4) is 17.2 Å². The molecule has 0 fully saturated rings. The van der Waals surface area contributed by atoms with Gasteiger partial charge in [0.1, 0.15) is 17.4 Å². The topological polar surface area (TPSA) is 187 Å². The van der Waals surface area contributed by atoms with Crippen LogP contribution in [0.3, 0.4) is 0 Å². The molecule has 260 valence electrons. The molecule has 0 bridgehead atoms. The van der Waals surface area contributed by atoms with Crippen molar-refractivity contribution in [2.75, 3.05) is 102 Å². The van der Waals surface area contributed by atoms with Gasteiger partial charge >= 0.3 is 0 Å². The van der Waals surface area contributed by atoms with Crippen LogP contribution in [0.4, 0.5) is 28.8 Å². The lowest BCUT2D eigenvalue weighted by Crippen LogP contribution is -2.15. The summed E-state index contributed by atoms with van der Waals surface area (Å²) >= 11 is 6.39. The van der Waals surface area contributed by atoms with E-state index in [-0.39, 0.29) is 29.1 Å². The monoisotopic (exact) mass is 698 g/mol. The first kappa shape index (κ1) is 37.8. The van der Waals surface area contributed by atoms with Gasteiger partial charge in [0.05, 0.1) is 90.9 Å². The summed E-state index contributed by atoms with van der Waals surface area (Å²) in [5.41, 5.74) is 7.53. The number of nitrogens with zero attached hydrogens (tertiary/aromatic N) is 2. The number of methoxy groups -OCH3 is 2. The Morgan fingerprint density at radius 3 is 2.02 bits per heavy atom. The normalized spacial score (nSPS) is 11.3. The molecule has 1 heterocycles. The fourth-order valence-corrected chi connectivity index (χ4v) is 4.64. The molecule has 0 aliphatic heterocycles. The van der Waals surface area contributed by atoms with Crippen LogP contribution in [0.1, 0.15) is 5.56 Å². The van der Waals surface area contributed by atoms with Crippen LogP contribution in [-0.2, 0) is 29.0 Å². The Bertz CT molecular complexity index is 1520. The second-order valence-corrected chi connectivity index (χ2v) is 12.0. The molecule has 0 saturated heterocycles. The number of nitrogens with two attached hydrogens (primary N) is 1. The minimum absolute atomic E-state index is 0.218. The van der Waals surface area contributed by atoms with Crippen molar-refractivity contribution in [1.29, 1.82) is 0 Å². The van der Waals surface area contributed by atoms with Gasteiger partial charge in [-0.3, -0.25) is 4.72 Å². The minimum Gasteiger partial charge on any atom is -0.497 e. The molecular formula is C30H43ClN6O9S. The molecule has 0 spiro atoms. The average Bonchev–Trinajstić information content (AvgIpc) is 3.04. The lowest BCUT2D eigenvalue weighted by atomic mass is 10.1. The predicted molar refractivity (Wildman–Crippen MR) is 181 cm³/mol. The Hall–Kier alpha value is -3.64. The molecule has 0 aliphatic carbocycles. The van der Waals surface area contributed by atoms with Gasteiger partial charge in [0, 0.05) is 24.4 Å². The molecule has 0 radical (unpaired) electrons. The zero-order valence-corrected chi connectivity index (χ0v) is 28.5. The van der Waals surface area contributed by atoms with E-state index in [1.807, 2.05) is 13.0 Å². The number of aromatic nitrogens is 2. The smallest absolute Gasteiger partial charge is 0.229 e. The van der Waals surface area contributed by atoms with Crippen molar-refractivity contribution in [1.82, 2.24) is 9.97 Å². The molecule has 0 amide bonds. The maximum absolute atomic E-state index is 11.9. The highest BCUT2D eigenvalue weighted by Crippen LogP contribution is 2.36. The first-order valence-electron chi connectivity index (χ1n) is 14.7. The van der Waals surface area contributed by atoms with Crippen LogP contribution >= 0.6 is 11.6 Å². The number of sulfonamides is 1. The number of hydrogen-bond donors (Lipinski definition) is 4. The van der Waals surface area contributed by atoms with E-state index in [4.69, 9.17) is 50.5 Å². The molecule has 5 N–H and O–H groups in total. The summed E-state index contributed by atoms with van der Waals surface area (Å²) in [6.07, 6.45) is 2.48. The van der Waals surface area contributed by atoms with Gasteiger partial charge in [-0.2, -0.15) is 4.98 Å². The second kappa shape index (κ2) is 19.9. The number of hydrogen-bond acceptors (Lipinski definition) is 14. The van der Waals surface area contributed by atoms with Crippen LogP contribution in [0.5, 0.6) is 17.2 Å². The average molecular weight is 699 g/mol. The summed E-state index contributed by atoms with van der Waals surface area (Å²) in [7, 11) is -0.534. The summed E-state index contributed by atoms with van der Waals surface area (Å²) in [6, 6.07) is 8.47. The summed E-state index contributed by atoms with van der Waals surface area (Å²) < 4.78 is 64.8. The highest BCUT2D eigenvalue weighted by molar-refractivity contribution is 7.92. The third-order valence-corrected chi connectivity index (χ3v) is 7.01. The van der Waals surface area contributed by atoms with Gasteiger partial charge < -0.3 is 49.5 Å². The summed E-state index contributed by atoms with van der Waals surface area (Å²) in [6.45, 7) is 6.33. The fourth-order valence-electron chi connectivity index (χ4n) is 3.93. The Balaban J connectivity index is 1.55. The molecule has 15 nitrogen and oxygen atoms in total.